The Hall–Kier alpha value is -0.680. The molecule has 0 heterocycles. The van der Waals surface area contributed by atoms with E-state index < -0.39 is 9.84 Å². The summed E-state index contributed by atoms with van der Waals surface area (Å²) < 4.78 is 22.6. The fourth-order valence-electron chi connectivity index (χ4n) is 1.22. The molecule has 0 bridgehead atoms. The summed E-state index contributed by atoms with van der Waals surface area (Å²) in [6.45, 7) is 0. The van der Waals surface area contributed by atoms with Gasteiger partial charge >= 0.3 is 0 Å². The van der Waals surface area contributed by atoms with Crippen LogP contribution in [0.25, 0.3) is 0 Å². The normalized spacial score (nSPS) is 11.3. The highest BCUT2D eigenvalue weighted by Gasteiger charge is 2.11. The van der Waals surface area contributed by atoms with Gasteiger partial charge in [0.2, 0.25) is 0 Å². The summed E-state index contributed by atoms with van der Waals surface area (Å²) >= 11 is 3.28. The average molecular weight is 291 g/mol. The fraction of sp³-hybridized carbons (Fsp3) is 0.300. The molecule has 0 aliphatic rings. The van der Waals surface area contributed by atoms with Crippen molar-refractivity contribution < 1.29 is 13.2 Å². The van der Waals surface area contributed by atoms with Crippen molar-refractivity contribution in [3.05, 3.63) is 34.3 Å². The van der Waals surface area contributed by atoms with Crippen molar-refractivity contribution >= 4 is 31.6 Å². The van der Waals surface area contributed by atoms with E-state index >= 15 is 0 Å². The number of carbonyl (C=O) groups excluding carboxylic acids is 1. The van der Waals surface area contributed by atoms with Crippen LogP contribution in [0.1, 0.15) is 5.56 Å². The van der Waals surface area contributed by atoms with Crippen LogP contribution in [-0.2, 0) is 21.1 Å². The quantitative estimate of drug-likeness (QED) is 0.846. The van der Waals surface area contributed by atoms with Gasteiger partial charge in [-0.2, -0.15) is 0 Å². The van der Waals surface area contributed by atoms with Crippen molar-refractivity contribution in [2.45, 2.75) is 6.42 Å². The van der Waals surface area contributed by atoms with Gasteiger partial charge in [-0.15, -0.1) is 0 Å². The van der Waals surface area contributed by atoms with E-state index in [4.69, 9.17) is 0 Å². The minimum Gasteiger partial charge on any atom is -0.298 e. The summed E-state index contributed by atoms with van der Waals surface area (Å²) in [4.78, 5) is 11.3. The third kappa shape index (κ3) is 5.09. The van der Waals surface area contributed by atoms with E-state index in [1.54, 1.807) is 12.1 Å². The maximum absolute atomic E-state index is 11.3. The Morgan fingerprint density at radius 3 is 2.60 bits per heavy atom. The Bertz CT molecular complexity index is 465. The summed E-state index contributed by atoms with van der Waals surface area (Å²) in [5.41, 5.74) is 0.818. The smallest absolute Gasteiger partial charge is 0.154 e. The Kier molecular flexibility index (Phi) is 4.04. The zero-order valence-corrected chi connectivity index (χ0v) is 10.6. The van der Waals surface area contributed by atoms with Gasteiger partial charge in [-0.3, -0.25) is 4.79 Å². The van der Waals surface area contributed by atoms with Crippen molar-refractivity contribution in [3.63, 3.8) is 0 Å². The number of rotatable bonds is 4. The molecule has 1 aromatic rings. The van der Waals surface area contributed by atoms with Crippen LogP contribution in [0.15, 0.2) is 28.7 Å². The Morgan fingerprint density at radius 1 is 1.40 bits per heavy atom. The number of benzene rings is 1. The Labute approximate surface area is 97.5 Å². The second-order valence-corrected chi connectivity index (χ2v) is 6.47. The SMILES string of the molecule is CS(=O)(=O)CC(=O)Cc1cccc(Br)c1. The van der Waals surface area contributed by atoms with Crippen LogP contribution in [0.5, 0.6) is 0 Å². The minimum atomic E-state index is -3.21. The summed E-state index contributed by atoms with van der Waals surface area (Å²) in [5, 5.41) is 0. The van der Waals surface area contributed by atoms with Crippen LogP contribution < -0.4 is 0 Å². The van der Waals surface area contributed by atoms with Gasteiger partial charge in [-0.1, -0.05) is 28.1 Å². The van der Waals surface area contributed by atoms with Crippen LogP contribution >= 0.6 is 15.9 Å². The van der Waals surface area contributed by atoms with Crippen LogP contribution in [-0.4, -0.2) is 26.2 Å². The van der Waals surface area contributed by atoms with Crippen molar-refractivity contribution in [3.8, 4) is 0 Å². The van der Waals surface area contributed by atoms with Crippen LogP contribution in [0.3, 0.4) is 0 Å². The number of ketones is 1. The molecule has 0 aromatic heterocycles. The number of Topliss-reactive ketones (excluding diaryl/α,β-unsaturated/α-hetero) is 1. The molecule has 1 rings (SSSR count). The van der Waals surface area contributed by atoms with E-state index in [0.29, 0.717) is 0 Å². The Balaban J connectivity index is 2.67. The fourth-order valence-corrected chi connectivity index (χ4v) is 2.35. The molecule has 5 heteroatoms. The van der Waals surface area contributed by atoms with Gasteiger partial charge in [0.15, 0.2) is 15.6 Å². The van der Waals surface area contributed by atoms with E-state index in [2.05, 4.69) is 15.9 Å². The monoisotopic (exact) mass is 290 g/mol. The molecule has 0 aliphatic heterocycles. The molecule has 0 saturated carbocycles. The maximum Gasteiger partial charge on any atom is 0.154 e. The van der Waals surface area contributed by atoms with E-state index in [-0.39, 0.29) is 18.0 Å². The van der Waals surface area contributed by atoms with Crippen LogP contribution in [0.2, 0.25) is 0 Å². The lowest BCUT2D eigenvalue weighted by molar-refractivity contribution is -0.116. The second kappa shape index (κ2) is 4.90. The molecular weight excluding hydrogens is 280 g/mol. The van der Waals surface area contributed by atoms with Gasteiger partial charge in [0, 0.05) is 17.1 Å². The van der Waals surface area contributed by atoms with Crippen molar-refractivity contribution in [2.24, 2.45) is 0 Å². The zero-order chi connectivity index (χ0) is 11.5. The molecule has 0 aliphatic carbocycles. The topological polar surface area (TPSA) is 51.2 Å². The average Bonchev–Trinajstić information content (AvgIpc) is 1.99. The summed E-state index contributed by atoms with van der Waals surface area (Å²) in [6.07, 6.45) is 1.22. The molecule has 1 aromatic carbocycles. The minimum absolute atomic E-state index is 0.159. The second-order valence-electron chi connectivity index (χ2n) is 3.42. The number of halogens is 1. The molecule has 0 spiro atoms. The molecule has 0 amide bonds. The molecule has 0 radical (unpaired) electrons. The van der Waals surface area contributed by atoms with E-state index in [9.17, 15) is 13.2 Å². The van der Waals surface area contributed by atoms with Gasteiger partial charge in [-0.25, -0.2) is 8.42 Å². The molecule has 0 atom stereocenters. The van der Waals surface area contributed by atoms with E-state index in [1.807, 2.05) is 12.1 Å². The molecule has 15 heavy (non-hydrogen) atoms. The lowest BCUT2D eigenvalue weighted by Crippen LogP contribution is -2.16. The number of carbonyl (C=O) groups is 1. The standard InChI is InChI=1S/C10H11BrO3S/c1-15(13,14)7-10(12)6-8-3-2-4-9(11)5-8/h2-5H,6-7H2,1H3. The molecule has 0 saturated heterocycles. The molecular formula is C10H11BrO3S. The van der Waals surface area contributed by atoms with Crippen molar-refractivity contribution in [2.75, 3.05) is 12.0 Å². The lowest BCUT2D eigenvalue weighted by atomic mass is 10.1. The predicted octanol–water partition coefficient (Wildman–Crippen LogP) is 1.61. The third-order valence-corrected chi connectivity index (χ3v) is 3.05. The van der Waals surface area contributed by atoms with E-state index in [0.717, 1.165) is 16.3 Å². The highest BCUT2D eigenvalue weighted by Crippen LogP contribution is 2.12. The molecule has 0 unspecified atom stereocenters. The predicted molar refractivity (Wildman–Crippen MR) is 62.6 cm³/mol. The highest BCUT2D eigenvalue weighted by atomic mass is 79.9. The molecule has 0 fully saturated rings. The first-order valence-electron chi connectivity index (χ1n) is 4.31. The van der Waals surface area contributed by atoms with Crippen molar-refractivity contribution in [1.82, 2.24) is 0 Å². The van der Waals surface area contributed by atoms with Crippen molar-refractivity contribution in [1.29, 1.82) is 0 Å². The van der Waals surface area contributed by atoms with Crippen LogP contribution in [0, 0.1) is 0 Å². The summed E-state index contributed by atoms with van der Waals surface area (Å²) in [6, 6.07) is 7.27. The van der Waals surface area contributed by atoms with Gasteiger partial charge < -0.3 is 0 Å². The molecule has 0 N–H and O–H groups in total. The first-order valence-corrected chi connectivity index (χ1v) is 7.16. The third-order valence-electron chi connectivity index (χ3n) is 1.71. The Morgan fingerprint density at radius 2 is 2.07 bits per heavy atom. The maximum atomic E-state index is 11.3. The first-order chi connectivity index (χ1) is 6.87. The molecule has 82 valence electrons. The van der Waals surface area contributed by atoms with Gasteiger partial charge in [0.25, 0.3) is 0 Å². The van der Waals surface area contributed by atoms with Gasteiger partial charge in [0.1, 0.15) is 5.75 Å². The number of sulfone groups is 1. The lowest BCUT2D eigenvalue weighted by Gasteiger charge is -2.00. The van der Waals surface area contributed by atoms with E-state index in [1.165, 1.54) is 0 Å². The first kappa shape index (κ1) is 12.4. The number of hydrogen-bond donors (Lipinski definition) is 0. The van der Waals surface area contributed by atoms with Gasteiger partial charge in [-0.05, 0) is 17.7 Å². The van der Waals surface area contributed by atoms with Crippen LogP contribution in [0.4, 0.5) is 0 Å². The number of hydrogen-bond acceptors (Lipinski definition) is 3. The summed E-state index contributed by atoms with van der Waals surface area (Å²) in [7, 11) is -3.21. The zero-order valence-electron chi connectivity index (χ0n) is 8.23. The molecule has 3 nitrogen and oxygen atoms in total. The largest absolute Gasteiger partial charge is 0.298 e. The van der Waals surface area contributed by atoms with Gasteiger partial charge in [0.05, 0.1) is 0 Å². The summed E-state index contributed by atoms with van der Waals surface area (Å²) in [5.74, 6) is -0.671. The highest BCUT2D eigenvalue weighted by molar-refractivity contribution is 9.10.